The number of nitrogens with zero attached hydrogens (tertiary/aromatic N) is 3. The van der Waals surface area contributed by atoms with E-state index in [2.05, 4.69) is 25.5 Å². The molecule has 1 aromatic carbocycles. The van der Waals surface area contributed by atoms with Gasteiger partial charge in [0.1, 0.15) is 23.6 Å². The summed E-state index contributed by atoms with van der Waals surface area (Å²) in [6.07, 6.45) is 3.19. The summed E-state index contributed by atoms with van der Waals surface area (Å²) in [6.45, 7) is 0.574. The maximum Gasteiger partial charge on any atom is 0.160 e. The minimum absolute atomic E-state index is 0.574. The van der Waals surface area contributed by atoms with E-state index < -0.39 is 0 Å². The van der Waals surface area contributed by atoms with Crippen LogP contribution in [0.2, 0.25) is 0 Å². The summed E-state index contributed by atoms with van der Waals surface area (Å²) in [5, 5.41) is 10.9. The largest absolute Gasteiger partial charge is 0.497 e. The van der Waals surface area contributed by atoms with Gasteiger partial charge in [0.15, 0.2) is 5.65 Å². The fraction of sp³-hybridized carbons (Fsp3) is 0.214. The molecule has 0 aliphatic carbocycles. The van der Waals surface area contributed by atoms with E-state index in [1.165, 1.54) is 6.33 Å². The van der Waals surface area contributed by atoms with Gasteiger partial charge < -0.3 is 14.8 Å². The summed E-state index contributed by atoms with van der Waals surface area (Å²) in [4.78, 5) is 8.34. The molecule has 0 unspecified atom stereocenters. The summed E-state index contributed by atoms with van der Waals surface area (Å²) in [5.74, 6) is 2.25. The number of hydrogen-bond acceptors (Lipinski definition) is 6. The van der Waals surface area contributed by atoms with Crippen LogP contribution in [0, 0.1) is 0 Å². The van der Waals surface area contributed by atoms with Crippen molar-refractivity contribution in [3.63, 3.8) is 0 Å². The van der Waals surface area contributed by atoms with Gasteiger partial charge in [-0.25, -0.2) is 9.97 Å². The average Bonchev–Trinajstić information content (AvgIpc) is 3.01. The summed E-state index contributed by atoms with van der Waals surface area (Å²) in [6, 6.07) is 5.70. The third kappa shape index (κ3) is 2.58. The number of fused-ring (bicyclic) bond motifs is 1. The molecule has 0 aliphatic rings. The molecule has 108 valence electrons. The van der Waals surface area contributed by atoms with Gasteiger partial charge in [-0.1, -0.05) is 0 Å². The standard InChI is InChI=1S/C14H15N5O2/c1-20-10-4-3-9(12(5-10)21-2)6-15-13-11-7-18-19-14(11)17-8-16-13/h3-5,7-8H,6H2,1-2H3,(H2,15,16,17,18,19). The number of H-pyrrole nitrogens is 1. The van der Waals surface area contributed by atoms with E-state index in [1.807, 2.05) is 18.2 Å². The number of aromatic amines is 1. The highest BCUT2D eigenvalue weighted by Gasteiger charge is 2.08. The van der Waals surface area contributed by atoms with Crippen LogP contribution in [0.25, 0.3) is 11.0 Å². The van der Waals surface area contributed by atoms with Gasteiger partial charge in [-0.15, -0.1) is 0 Å². The average molecular weight is 285 g/mol. The van der Waals surface area contributed by atoms with Gasteiger partial charge in [-0.05, 0) is 12.1 Å². The van der Waals surface area contributed by atoms with Crippen LogP contribution in [0.15, 0.2) is 30.7 Å². The molecule has 3 rings (SSSR count). The lowest BCUT2D eigenvalue weighted by molar-refractivity contribution is 0.391. The fourth-order valence-electron chi connectivity index (χ4n) is 2.08. The maximum absolute atomic E-state index is 5.38. The molecule has 0 spiro atoms. The first-order valence-corrected chi connectivity index (χ1v) is 6.40. The lowest BCUT2D eigenvalue weighted by Gasteiger charge is -2.11. The number of hydrogen-bond donors (Lipinski definition) is 2. The molecule has 2 heterocycles. The molecule has 0 aliphatic heterocycles. The number of aromatic nitrogens is 4. The van der Waals surface area contributed by atoms with Crippen LogP contribution in [-0.4, -0.2) is 34.4 Å². The van der Waals surface area contributed by atoms with E-state index >= 15 is 0 Å². The summed E-state index contributed by atoms with van der Waals surface area (Å²) >= 11 is 0. The van der Waals surface area contributed by atoms with Crippen molar-refractivity contribution >= 4 is 16.9 Å². The van der Waals surface area contributed by atoms with Crippen molar-refractivity contribution in [3.05, 3.63) is 36.3 Å². The van der Waals surface area contributed by atoms with Crippen molar-refractivity contribution in [1.82, 2.24) is 20.2 Å². The third-order valence-electron chi connectivity index (χ3n) is 3.19. The van der Waals surface area contributed by atoms with Crippen molar-refractivity contribution in [2.75, 3.05) is 19.5 Å². The molecule has 7 nitrogen and oxygen atoms in total. The van der Waals surface area contributed by atoms with Gasteiger partial charge in [0.2, 0.25) is 0 Å². The predicted molar refractivity (Wildman–Crippen MR) is 78.6 cm³/mol. The highest BCUT2D eigenvalue weighted by molar-refractivity contribution is 5.85. The Morgan fingerprint density at radius 3 is 2.90 bits per heavy atom. The van der Waals surface area contributed by atoms with E-state index in [1.54, 1.807) is 20.4 Å². The van der Waals surface area contributed by atoms with E-state index in [0.717, 1.165) is 28.3 Å². The third-order valence-corrected chi connectivity index (χ3v) is 3.19. The van der Waals surface area contributed by atoms with Gasteiger partial charge in [0.05, 0.1) is 25.8 Å². The van der Waals surface area contributed by atoms with E-state index in [9.17, 15) is 0 Å². The Hall–Kier alpha value is -2.83. The lowest BCUT2D eigenvalue weighted by atomic mass is 10.2. The Labute approximate surface area is 121 Å². The van der Waals surface area contributed by atoms with E-state index in [-0.39, 0.29) is 0 Å². The number of anilines is 1. The molecule has 0 bridgehead atoms. The first kappa shape index (κ1) is 13.2. The molecule has 3 aromatic rings. The topological polar surface area (TPSA) is 85.0 Å². The van der Waals surface area contributed by atoms with Crippen LogP contribution in [0.1, 0.15) is 5.56 Å². The Bertz CT molecular complexity index is 756. The molecule has 21 heavy (non-hydrogen) atoms. The molecule has 0 radical (unpaired) electrons. The van der Waals surface area contributed by atoms with E-state index in [4.69, 9.17) is 9.47 Å². The molecule has 0 amide bonds. The monoisotopic (exact) mass is 285 g/mol. The van der Waals surface area contributed by atoms with Crippen LogP contribution in [0.4, 0.5) is 5.82 Å². The number of rotatable bonds is 5. The molecular formula is C14H15N5O2. The Balaban J connectivity index is 1.83. The Morgan fingerprint density at radius 1 is 1.19 bits per heavy atom. The Morgan fingerprint density at radius 2 is 2.10 bits per heavy atom. The van der Waals surface area contributed by atoms with Gasteiger partial charge in [0.25, 0.3) is 0 Å². The van der Waals surface area contributed by atoms with Crippen molar-refractivity contribution in [3.8, 4) is 11.5 Å². The van der Waals surface area contributed by atoms with Crippen LogP contribution in [0.3, 0.4) is 0 Å². The summed E-state index contributed by atoms with van der Waals surface area (Å²) in [5.41, 5.74) is 1.71. The van der Waals surface area contributed by atoms with Crippen LogP contribution in [-0.2, 0) is 6.54 Å². The SMILES string of the molecule is COc1ccc(CNc2ncnc3[nH]ncc23)c(OC)c1. The van der Waals surface area contributed by atoms with Crippen molar-refractivity contribution in [1.29, 1.82) is 0 Å². The predicted octanol–water partition coefficient (Wildman–Crippen LogP) is 1.98. The molecule has 0 fully saturated rings. The quantitative estimate of drug-likeness (QED) is 0.745. The number of benzene rings is 1. The van der Waals surface area contributed by atoms with Crippen LogP contribution in [0.5, 0.6) is 11.5 Å². The molecule has 0 atom stereocenters. The second-order valence-electron chi connectivity index (χ2n) is 4.39. The number of methoxy groups -OCH3 is 2. The van der Waals surface area contributed by atoms with Crippen LogP contribution < -0.4 is 14.8 Å². The van der Waals surface area contributed by atoms with Crippen molar-refractivity contribution in [2.45, 2.75) is 6.54 Å². The highest BCUT2D eigenvalue weighted by Crippen LogP contribution is 2.26. The number of nitrogens with one attached hydrogen (secondary N) is 2. The second-order valence-corrected chi connectivity index (χ2v) is 4.39. The zero-order valence-electron chi connectivity index (χ0n) is 11.8. The Kier molecular flexibility index (Phi) is 3.55. The van der Waals surface area contributed by atoms with Crippen molar-refractivity contribution < 1.29 is 9.47 Å². The van der Waals surface area contributed by atoms with Crippen LogP contribution >= 0.6 is 0 Å². The van der Waals surface area contributed by atoms with Gasteiger partial charge in [0, 0.05) is 18.2 Å². The fourth-order valence-corrected chi connectivity index (χ4v) is 2.08. The second kappa shape index (κ2) is 5.66. The maximum atomic E-state index is 5.38. The van der Waals surface area contributed by atoms with Crippen molar-refractivity contribution in [2.24, 2.45) is 0 Å². The molecule has 0 saturated carbocycles. The minimum atomic E-state index is 0.574. The number of ether oxygens (including phenoxy) is 2. The molecule has 2 aromatic heterocycles. The zero-order valence-corrected chi connectivity index (χ0v) is 11.8. The first-order valence-electron chi connectivity index (χ1n) is 6.40. The summed E-state index contributed by atoms with van der Waals surface area (Å²) in [7, 11) is 3.26. The van der Waals surface area contributed by atoms with E-state index in [0.29, 0.717) is 12.2 Å². The summed E-state index contributed by atoms with van der Waals surface area (Å²) < 4.78 is 10.6. The van der Waals surface area contributed by atoms with Gasteiger partial charge >= 0.3 is 0 Å². The zero-order chi connectivity index (χ0) is 14.7. The smallest absolute Gasteiger partial charge is 0.160 e. The molecule has 7 heteroatoms. The molecular weight excluding hydrogens is 270 g/mol. The lowest BCUT2D eigenvalue weighted by Crippen LogP contribution is -2.04. The highest BCUT2D eigenvalue weighted by atomic mass is 16.5. The first-order chi connectivity index (χ1) is 10.3. The van der Waals surface area contributed by atoms with Gasteiger partial charge in [-0.3, -0.25) is 5.10 Å². The molecule has 0 saturated heterocycles. The normalized spacial score (nSPS) is 10.6. The molecule has 2 N–H and O–H groups in total. The van der Waals surface area contributed by atoms with Gasteiger partial charge in [-0.2, -0.15) is 5.10 Å². The minimum Gasteiger partial charge on any atom is -0.497 e.